The molecule has 0 amide bonds. The van der Waals surface area contributed by atoms with Gasteiger partial charge in [-0.1, -0.05) is 0 Å². The first-order valence-electron chi connectivity index (χ1n) is 12.6. The normalized spacial score (nSPS) is 17.7. The van der Waals surface area contributed by atoms with Crippen molar-refractivity contribution in [3.05, 3.63) is 45.3 Å². The van der Waals surface area contributed by atoms with Gasteiger partial charge >= 0.3 is 13.7 Å². The van der Waals surface area contributed by atoms with Crippen molar-refractivity contribution in [1.29, 1.82) is 0 Å². The standard InChI is InChI=1S/C25H32F2N3O7P/c1-4-36-38(34,37-5-2)28-12-20(27)15-7-6-10-29(13-15)22-19(26)11-17-21(24(22)35-3)30(16-8-9-16)14-18(23(17)31)25(32)33/h11,14,16H,4-10,12-13H2,1-3H3,(H,28,34)(H,32,33)/b20-15+. The highest BCUT2D eigenvalue weighted by Gasteiger charge is 2.32. The van der Waals surface area contributed by atoms with Crippen molar-refractivity contribution in [2.45, 2.75) is 45.6 Å². The molecule has 208 valence electrons. The van der Waals surface area contributed by atoms with Gasteiger partial charge in [0, 0.05) is 25.3 Å². The lowest BCUT2D eigenvalue weighted by Gasteiger charge is -2.33. The van der Waals surface area contributed by atoms with Crippen LogP contribution in [-0.2, 0) is 13.6 Å². The van der Waals surface area contributed by atoms with Crippen molar-refractivity contribution < 1.29 is 37.0 Å². The Morgan fingerprint density at radius 1 is 1.26 bits per heavy atom. The van der Waals surface area contributed by atoms with E-state index >= 15 is 8.78 Å². The molecule has 4 rings (SSSR count). The zero-order valence-electron chi connectivity index (χ0n) is 21.6. The zero-order chi connectivity index (χ0) is 27.6. The Balaban J connectivity index is 1.73. The Kier molecular flexibility index (Phi) is 8.56. The molecule has 1 saturated heterocycles. The smallest absolute Gasteiger partial charge is 0.405 e. The SMILES string of the molecule is CCOP(=O)(NC/C(F)=C1/CCCN(c2c(F)cc3c(=O)c(C(=O)O)cn(C4CC4)c3c2OC)C1)OCC. The molecule has 0 unspecified atom stereocenters. The molecular weight excluding hydrogens is 523 g/mol. The quantitative estimate of drug-likeness (QED) is 0.378. The van der Waals surface area contributed by atoms with Crippen molar-refractivity contribution in [2.24, 2.45) is 0 Å². The summed E-state index contributed by atoms with van der Waals surface area (Å²) in [4.78, 5) is 26.2. The molecule has 0 atom stereocenters. The predicted molar refractivity (Wildman–Crippen MR) is 138 cm³/mol. The molecule has 0 spiro atoms. The number of rotatable bonds is 11. The Bertz CT molecular complexity index is 1360. The molecule has 2 aliphatic rings. The highest BCUT2D eigenvalue weighted by Crippen LogP contribution is 2.45. The van der Waals surface area contributed by atoms with E-state index in [-0.39, 0.29) is 49.2 Å². The number of fused-ring (bicyclic) bond motifs is 1. The number of hydrogen-bond donors (Lipinski definition) is 2. The van der Waals surface area contributed by atoms with E-state index in [0.29, 0.717) is 30.5 Å². The number of anilines is 1. The fourth-order valence-electron chi connectivity index (χ4n) is 4.77. The van der Waals surface area contributed by atoms with Crippen molar-refractivity contribution in [2.75, 3.05) is 44.9 Å². The predicted octanol–water partition coefficient (Wildman–Crippen LogP) is 4.78. The van der Waals surface area contributed by atoms with E-state index in [1.807, 2.05) is 0 Å². The van der Waals surface area contributed by atoms with E-state index in [9.17, 15) is 19.3 Å². The first-order chi connectivity index (χ1) is 18.1. The number of aromatic nitrogens is 1. The van der Waals surface area contributed by atoms with Crippen LogP contribution in [0.2, 0.25) is 0 Å². The van der Waals surface area contributed by atoms with Gasteiger partial charge in [0.1, 0.15) is 17.1 Å². The van der Waals surface area contributed by atoms with Gasteiger partial charge in [-0.3, -0.25) is 13.8 Å². The van der Waals surface area contributed by atoms with Gasteiger partial charge in [0.15, 0.2) is 11.6 Å². The fraction of sp³-hybridized carbons (Fsp3) is 0.520. The van der Waals surface area contributed by atoms with Crippen LogP contribution in [0.25, 0.3) is 10.9 Å². The number of aromatic carboxylic acids is 1. The summed E-state index contributed by atoms with van der Waals surface area (Å²) in [6.07, 6.45) is 3.80. The first kappa shape index (κ1) is 28.2. The van der Waals surface area contributed by atoms with Gasteiger partial charge in [0.25, 0.3) is 0 Å². The number of ether oxygens (including phenoxy) is 1. The molecule has 1 saturated carbocycles. The van der Waals surface area contributed by atoms with Crippen LogP contribution >= 0.6 is 7.75 Å². The van der Waals surface area contributed by atoms with Crippen molar-refractivity contribution in [1.82, 2.24) is 9.65 Å². The van der Waals surface area contributed by atoms with E-state index in [1.54, 1.807) is 23.3 Å². The number of hydrogen-bond acceptors (Lipinski definition) is 7. The number of nitrogens with one attached hydrogen (secondary N) is 1. The highest BCUT2D eigenvalue weighted by molar-refractivity contribution is 7.51. The maximum Gasteiger partial charge on any atom is 0.405 e. The average molecular weight is 556 g/mol. The number of halogens is 2. The molecule has 1 aliphatic carbocycles. The van der Waals surface area contributed by atoms with Gasteiger partial charge in [0.05, 0.1) is 37.8 Å². The Hall–Kier alpha value is -2.79. The van der Waals surface area contributed by atoms with Crippen LogP contribution in [0.15, 0.2) is 28.5 Å². The van der Waals surface area contributed by atoms with E-state index in [2.05, 4.69) is 5.09 Å². The topological polar surface area (TPSA) is 119 Å². The summed E-state index contributed by atoms with van der Waals surface area (Å²) in [5.74, 6) is -2.61. The summed E-state index contributed by atoms with van der Waals surface area (Å²) < 4.78 is 61.0. The number of pyridine rings is 1. The van der Waals surface area contributed by atoms with Crippen LogP contribution in [0.5, 0.6) is 5.75 Å². The number of carboxylic acid groups (broad SMARTS) is 1. The van der Waals surface area contributed by atoms with Gasteiger partial charge in [0.2, 0.25) is 5.43 Å². The summed E-state index contributed by atoms with van der Waals surface area (Å²) in [6, 6.07) is 1.01. The van der Waals surface area contributed by atoms with Gasteiger partial charge < -0.3 is 19.3 Å². The lowest BCUT2D eigenvalue weighted by atomic mass is 10.0. The van der Waals surface area contributed by atoms with Gasteiger partial charge in [-0.15, -0.1) is 0 Å². The summed E-state index contributed by atoms with van der Waals surface area (Å²) >= 11 is 0. The van der Waals surface area contributed by atoms with Gasteiger partial charge in [-0.25, -0.2) is 23.2 Å². The van der Waals surface area contributed by atoms with Crippen molar-refractivity contribution in [3.8, 4) is 5.75 Å². The zero-order valence-corrected chi connectivity index (χ0v) is 22.5. The average Bonchev–Trinajstić information content (AvgIpc) is 3.73. The second-order valence-electron chi connectivity index (χ2n) is 9.15. The summed E-state index contributed by atoms with van der Waals surface area (Å²) in [5.41, 5.74) is -0.450. The van der Waals surface area contributed by atoms with Crippen LogP contribution < -0.4 is 20.2 Å². The number of benzene rings is 1. The van der Waals surface area contributed by atoms with Crippen LogP contribution in [-0.4, -0.2) is 55.6 Å². The number of methoxy groups -OCH3 is 1. The molecule has 0 bridgehead atoms. The highest BCUT2D eigenvalue weighted by atomic mass is 31.2. The molecule has 1 aliphatic heterocycles. The molecule has 2 fully saturated rings. The summed E-state index contributed by atoms with van der Waals surface area (Å²) in [6.45, 7) is 3.61. The molecule has 1 aromatic heterocycles. The molecule has 2 N–H and O–H groups in total. The van der Waals surface area contributed by atoms with E-state index in [1.165, 1.54) is 13.3 Å². The molecule has 2 aromatic rings. The van der Waals surface area contributed by atoms with E-state index in [0.717, 1.165) is 18.9 Å². The minimum atomic E-state index is -3.66. The summed E-state index contributed by atoms with van der Waals surface area (Å²) in [7, 11) is -2.31. The fourth-order valence-corrected chi connectivity index (χ4v) is 6.04. The Morgan fingerprint density at radius 3 is 2.53 bits per heavy atom. The first-order valence-corrected chi connectivity index (χ1v) is 14.1. The van der Waals surface area contributed by atoms with Crippen LogP contribution in [0.3, 0.4) is 0 Å². The number of carbonyl (C=O) groups is 1. The maximum atomic E-state index is 15.6. The van der Waals surface area contributed by atoms with Crippen LogP contribution in [0.1, 0.15) is 55.9 Å². The molecular formula is C25H32F2N3O7P. The monoisotopic (exact) mass is 555 g/mol. The third-order valence-corrected chi connectivity index (χ3v) is 8.33. The van der Waals surface area contributed by atoms with Crippen molar-refractivity contribution >= 4 is 30.3 Å². The Labute approximate surface area is 218 Å². The number of carboxylic acids is 1. The third-order valence-electron chi connectivity index (χ3n) is 6.59. The van der Waals surface area contributed by atoms with E-state index in [4.69, 9.17) is 13.8 Å². The third kappa shape index (κ3) is 5.63. The largest absolute Gasteiger partial charge is 0.492 e. The minimum Gasteiger partial charge on any atom is -0.492 e. The lowest BCUT2D eigenvalue weighted by Crippen LogP contribution is -2.33. The van der Waals surface area contributed by atoms with Crippen LogP contribution in [0, 0.1) is 5.82 Å². The molecule has 2 heterocycles. The molecule has 10 nitrogen and oxygen atoms in total. The molecule has 13 heteroatoms. The number of piperidine rings is 1. The Morgan fingerprint density at radius 2 is 1.95 bits per heavy atom. The summed E-state index contributed by atoms with van der Waals surface area (Å²) in [5, 5.41) is 12.0. The maximum absolute atomic E-state index is 15.6. The van der Waals surface area contributed by atoms with Gasteiger partial charge in [-0.05, 0) is 51.2 Å². The second-order valence-corrected chi connectivity index (χ2v) is 11.0. The molecule has 38 heavy (non-hydrogen) atoms. The molecule has 1 aromatic carbocycles. The van der Waals surface area contributed by atoms with Crippen molar-refractivity contribution in [3.63, 3.8) is 0 Å². The van der Waals surface area contributed by atoms with E-state index < -0.39 is 36.4 Å². The minimum absolute atomic E-state index is 0.0323. The van der Waals surface area contributed by atoms with Crippen LogP contribution in [0.4, 0.5) is 14.5 Å². The molecule has 0 radical (unpaired) electrons. The second kappa shape index (κ2) is 11.5. The number of nitrogens with zero attached hydrogens (tertiary/aromatic N) is 2. The van der Waals surface area contributed by atoms with Gasteiger partial charge in [-0.2, -0.15) is 0 Å². The lowest BCUT2D eigenvalue weighted by molar-refractivity contribution is 0.0694.